The summed E-state index contributed by atoms with van der Waals surface area (Å²) < 4.78 is 0. The third kappa shape index (κ3) is 8.28. The van der Waals surface area contributed by atoms with E-state index < -0.39 is 66.9 Å². The van der Waals surface area contributed by atoms with Gasteiger partial charge in [-0.15, -0.1) is 0 Å². The largest absolute Gasteiger partial charge is 0.481 e. The van der Waals surface area contributed by atoms with Gasteiger partial charge in [-0.25, -0.2) is 4.79 Å². The van der Waals surface area contributed by atoms with E-state index in [0.717, 1.165) is 10.9 Å². The number of carboxylic acids is 2. The van der Waals surface area contributed by atoms with Gasteiger partial charge in [0, 0.05) is 29.9 Å². The minimum atomic E-state index is -1.49. The third-order valence-corrected chi connectivity index (χ3v) is 6.32. The summed E-state index contributed by atoms with van der Waals surface area (Å²) in [5.41, 5.74) is 7.04. The van der Waals surface area contributed by atoms with Gasteiger partial charge in [-0.05, 0) is 24.0 Å². The number of carbonyl (C=O) groups excluding carboxylic acids is 3. The summed E-state index contributed by atoms with van der Waals surface area (Å²) in [5, 5.41) is 35.8. The standard InChI is InChI=1S/C25H35N5O8/c1-3-13(2)21(30-22(34)16(26)12-31)24(36)29-19(10-14-11-27-17-7-5-4-6-15(14)17)23(35)28-18(25(37)38)8-9-20(32)33/h4-7,11,13,16,18-19,21,27,31H,3,8-10,12,26H2,1-2H3,(H,28,35)(H,29,36)(H,30,34)(H,32,33)(H,37,38). The van der Waals surface area contributed by atoms with E-state index in [1.807, 2.05) is 18.2 Å². The lowest BCUT2D eigenvalue weighted by Crippen LogP contribution is -2.59. The molecule has 0 aliphatic heterocycles. The minimum Gasteiger partial charge on any atom is -0.481 e. The quantitative estimate of drug-likeness (QED) is 0.147. The number of benzene rings is 1. The molecule has 5 atom stereocenters. The second-order valence-corrected chi connectivity index (χ2v) is 9.12. The Morgan fingerprint density at radius 1 is 0.974 bits per heavy atom. The number of aromatic nitrogens is 1. The van der Waals surface area contributed by atoms with Crippen LogP contribution in [0.3, 0.4) is 0 Å². The minimum absolute atomic E-state index is 0.0236. The molecule has 0 fully saturated rings. The number of nitrogens with one attached hydrogen (secondary N) is 4. The zero-order valence-corrected chi connectivity index (χ0v) is 21.3. The molecule has 2 rings (SSSR count). The fourth-order valence-electron chi connectivity index (χ4n) is 3.83. The average Bonchev–Trinajstić information content (AvgIpc) is 3.30. The van der Waals surface area contributed by atoms with Crippen molar-refractivity contribution in [3.8, 4) is 0 Å². The van der Waals surface area contributed by atoms with Gasteiger partial charge in [-0.2, -0.15) is 0 Å². The van der Waals surface area contributed by atoms with Gasteiger partial charge in [-0.3, -0.25) is 19.2 Å². The van der Waals surface area contributed by atoms with Crippen LogP contribution in [0.2, 0.25) is 0 Å². The second-order valence-electron chi connectivity index (χ2n) is 9.12. The first-order valence-corrected chi connectivity index (χ1v) is 12.3. The summed E-state index contributed by atoms with van der Waals surface area (Å²) in [7, 11) is 0. The van der Waals surface area contributed by atoms with Crippen LogP contribution in [0.5, 0.6) is 0 Å². The van der Waals surface area contributed by atoms with Gasteiger partial charge >= 0.3 is 11.9 Å². The van der Waals surface area contributed by atoms with E-state index in [9.17, 15) is 34.2 Å². The molecule has 0 spiro atoms. The van der Waals surface area contributed by atoms with Gasteiger partial charge < -0.3 is 42.0 Å². The molecule has 0 saturated carbocycles. The lowest BCUT2D eigenvalue weighted by atomic mass is 9.96. The van der Waals surface area contributed by atoms with Crippen molar-refractivity contribution in [3.63, 3.8) is 0 Å². The van der Waals surface area contributed by atoms with Gasteiger partial charge in [0.2, 0.25) is 17.7 Å². The number of carbonyl (C=O) groups is 5. The van der Waals surface area contributed by atoms with Crippen molar-refractivity contribution in [3.05, 3.63) is 36.0 Å². The Balaban J connectivity index is 2.34. The second kappa shape index (κ2) is 14.1. The molecular formula is C25H35N5O8. The molecule has 38 heavy (non-hydrogen) atoms. The van der Waals surface area contributed by atoms with Gasteiger partial charge in [0.15, 0.2) is 0 Å². The van der Waals surface area contributed by atoms with Crippen LogP contribution in [0.1, 0.15) is 38.7 Å². The van der Waals surface area contributed by atoms with Crippen LogP contribution >= 0.6 is 0 Å². The van der Waals surface area contributed by atoms with Crippen molar-refractivity contribution >= 4 is 40.6 Å². The van der Waals surface area contributed by atoms with E-state index in [2.05, 4.69) is 20.9 Å². The molecule has 5 unspecified atom stereocenters. The molecule has 1 aromatic heterocycles. The maximum atomic E-state index is 13.3. The van der Waals surface area contributed by atoms with Crippen molar-refractivity contribution in [1.29, 1.82) is 0 Å². The molecular weight excluding hydrogens is 498 g/mol. The van der Waals surface area contributed by atoms with Crippen molar-refractivity contribution in [2.45, 2.75) is 63.7 Å². The number of amides is 3. The number of fused-ring (bicyclic) bond motifs is 1. The highest BCUT2D eigenvalue weighted by atomic mass is 16.4. The predicted molar refractivity (Wildman–Crippen MR) is 137 cm³/mol. The zero-order valence-electron chi connectivity index (χ0n) is 21.3. The Morgan fingerprint density at radius 2 is 1.63 bits per heavy atom. The predicted octanol–water partition coefficient (Wildman–Crippen LogP) is -0.520. The number of H-pyrrole nitrogens is 1. The van der Waals surface area contributed by atoms with Gasteiger partial charge in [0.1, 0.15) is 24.2 Å². The van der Waals surface area contributed by atoms with Gasteiger partial charge in [0.05, 0.1) is 6.61 Å². The Labute approximate surface area is 219 Å². The van der Waals surface area contributed by atoms with Crippen LogP contribution < -0.4 is 21.7 Å². The molecule has 3 amide bonds. The lowest BCUT2D eigenvalue weighted by molar-refractivity contribution is -0.143. The first-order chi connectivity index (χ1) is 18.0. The summed E-state index contributed by atoms with van der Waals surface area (Å²) in [6.07, 6.45) is 1.30. The highest BCUT2D eigenvalue weighted by Crippen LogP contribution is 2.20. The number of carboxylic acid groups (broad SMARTS) is 2. The van der Waals surface area contributed by atoms with E-state index >= 15 is 0 Å². The molecule has 0 radical (unpaired) electrons. The molecule has 2 aromatic rings. The summed E-state index contributed by atoms with van der Waals surface area (Å²) >= 11 is 0. The van der Waals surface area contributed by atoms with Crippen LogP contribution in [0.4, 0.5) is 0 Å². The van der Waals surface area contributed by atoms with E-state index in [4.69, 9.17) is 10.8 Å². The smallest absolute Gasteiger partial charge is 0.326 e. The lowest BCUT2D eigenvalue weighted by Gasteiger charge is -2.27. The van der Waals surface area contributed by atoms with Gasteiger partial charge in [-0.1, -0.05) is 38.5 Å². The first-order valence-electron chi connectivity index (χ1n) is 12.3. The van der Waals surface area contributed by atoms with Crippen LogP contribution in [0, 0.1) is 5.92 Å². The average molecular weight is 534 g/mol. The molecule has 208 valence electrons. The Morgan fingerprint density at radius 3 is 2.24 bits per heavy atom. The number of hydrogen-bond donors (Lipinski definition) is 8. The number of hydrogen-bond acceptors (Lipinski definition) is 7. The molecule has 9 N–H and O–H groups in total. The maximum Gasteiger partial charge on any atom is 0.326 e. The Kier molecular flexibility index (Phi) is 11.2. The SMILES string of the molecule is CCC(C)C(NC(=O)C(N)CO)C(=O)NC(Cc1c[nH]c2ccccc12)C(=O)NC(CCC(=O)O)C(=O)O. The van der Waals surface area contributed by atoms with Crippen LogP contribution in [0.25, 0.3) is 10.9 Å². The summed E-state index contributed by atoms with van der Waals surface area (Å²) in [4.78, 5) is 64.5. The first kappa shape index (κ1) is 30.3. The zero-order chi connectivity index (χ0) is 28.4. The molecule has 1 aromatic carbocycles. The number of nitrogens with two attached hydrogens (primary N) is 1. The van der Waals surface area contributed by atoms with E-state index in [0.29, 0.717) is 12.0 Å². The van der Waals surface area contributed by atoms with Crippen molar-refractivity contribution in [1.82, 2.24) is 20.9 Å². The number of aliphatic carboxylic acids is 2. The molecule has 0 aliphatic rings. The number of para-hydroxylation sites is 1. The van der Waals surface area contributed by atoms with Crippen LogP contribution in [0.15, 0.2) is 30.5 Å². The molecule has 0 aliphatic carbocycles. The van der Waals surface area contributed by atoms with Crippen molar-refractivity contribution in [2.24, 2.45) is 11.7 Å². The van der Waals surface area contributed by atoms with E-state index in [1.54, 1.807) is 26.1 Å². The summed E-state index contributed by atoms with van der Waals surface area (Å²) in [5.74, 6) is -5.28. The molecule has 13 nitrogen and oxygen atoms in total. The summed E-state index contributed by atoms with van der Waals surface area (Å²) in [6, 6.07) is 2.19. The van der Waals surface area contributed by atoms with E-state index in [1.165, 1.54) is 0 Å². The normalized spacial score (nSPS) is 15.1. The maximum absolute atomic E-state index is 13.3. The van der Waals surface area contributed by atoms with Gasteiger partial charge in [0.25, 0.3) is 0 Å². The Bertz CT molecular complexity index is 1150. The number of aliphatic hydroxyl groups is 1. The number of aliphatic hydroxyl groups excluding tert-OH is 1. The monoisotopic (exact) mass is 533 g/mol. The van der Waals surface area contributed by atoms with Crippen LogP contribution in [-0.4, -0.2) is 80.7 Å². The molecule has 1 heterocycles. The summed E-state index contributed by atoms with van der Waals surface area (Å²) in [6.45, 7) is 2.90. The highest BCUT2D eigenvalue weighted by Gasteiger charge is 2.33. The molecule has 13 heteroatoms. The topological polar surface area (TPSA) is 224 Å². The van der Waals surface area contributed by atoms with Crippen molar-refractivity contribution in [2.75, 3.05) is 6.61 Å². The van der Waals surface area contributed by atoms with E-state index in [-0.39, 0.29) is 18.8 Å². The van der Waals surface area contributed by atoms with Crippen molar-refractivity contribution < 1.29 is 39.3 Å². The van der Waals surface area contributed by atoms with Crippen LogP contribution in [-0.2, 0) is 30.4 Å². The fourth-order valence-corrected chi connectivity index (χ4v) is 3.83. The molecule has 0 saturated heterocycles. The number of aromatic amines is 1. The molecule has 0 bridgehead atoms. The number of rotatable bonds is 15. The highest BCUT2D eigenvalue weighted by molar-refractivity contribution is 5.95. The fraction of sp³-hybridized carbons (Fsp3) is 0.480. The Hall–Kier alpha value is -3.97. The third-order valence-electron chi connectivity index (χ3n) is 6.32.